The molecule has 1 unspecified atom stereocenters. The Hall–Kier alpha value is -3.96. The molecule has 11 heteroatoms. The van der Waals surface area contributed by atoms with Crippen LogP contribution in [0.1, 0.15) is 29.9 Å². The number of carbonyl (C=O) groups is 2. The van der Waals surface area contributed by atoms with Gasteiger partial charge in [-0.3, -0.25) is 9.78 Å². The lowest BCUT2D eigenvalue weighted by molar-refractivity contribution is -0.120. The predicted octanol–water partition coefficient (Wildman–Crippen LogP) is 2.87. The van der Waals surface area contributed by atoms with E-state index in [-0.39, 0.29) is 6.42 Å². The average Bonchev–Trinajstić information content (AvgIpc) is 2.87. The fourth-order valence-electron chi connectivity index (χ4n) is 3.65. The highest BCUT2D eigenvalue weighted by molar-refractivity contribution is 7.88. The Morgan fingerprint density at radius 3 is 2.30 bits per heavy atom. The third kappa shape index (κ3) is 8.02. The van der Waals surface area contributed by atoms with Crippen molar-refractivity contribution >= 4 is 27.8 Å². The standard InChI is InChI=1S/C26H31N5O5S/c1-18-9-8-12-23(27-18)19(2)29-37(34,35)30-26(33)28-24(17-20-10-6-5-7-11-20)25(32)31(3)21-13-15-22(36-4)16-14-21/h5-16,19,24,29H,17H2,1-4H3,(H2,28,30,33)/t19?,24-/m0/s1. The highest BCUT2D eigenvalue weighted by Gasteiger charge is 2.27. The first-order chi connectivity index (χ1) is 17.6. The summed E-state index contributed by atoms with van der Waals surface area (Å²) in [5, 5.41) is 2.52. The molecule has 2 aromatic carbocycles. The van der Waals surface area contributed by atoms with Gasteiger partial charge in [-0.1, -0.05) is 36.4 Å². The Bertz CT molecular complexity index is 1320. The molecule has 37 heavy (non-hydrogen) atoms. The van der Waals surface area contributed by atoms with Gasteiger partial charge in [0.2, 0.25) is 5.91 Å². The van der Waals surface area contributed by atoms with Crippen molar-refractivity contribution in [1.29, 1.82) is 0 Å². The monoisotopic (exact) mass is 525 g/mol. The molecule has 0 bridgehead atoms. The van der Waals surface area contributed by atoms with Crippen LogP contribution in [-0.4, -0.2) is 45.5 Å². The highest BCUT2D eigenvalue weighted by atomic mass is 32.2. The molecule has 1 heterocycles. The lowest BCUT2D eigenvalue weighted by Crippen LogP contribution is -2.54. The maximum absolute atomic E-state index is 13.4. The summed E-state index contributed by atoms with van der Waals surface area (Å²) in [6.07, 6.45) is 0.157. The second-order valence-corrected chi connectivity index (χ2v) is 9.91. The second kappa shape index (κ2) is 12.3. The van der Waals surface area contributed by atoms with E-state index in [9.17, 15) is 18.0 Å². The number of carbonyl (C=O) groups excluding carboxylic acids is 2. The third-order valence-electron chi connectivity index (χ3n) is 5.59. The van der Waals surface area contributed by atoms with Gasteiger partial charge in [0.05, 0.1) is 18.8 Å². The van der Waals surface area contributed by atoms with Gasteiger partial charge in [0.1, 0.15) is 11.8 Å². The van der Waals surface area contributed by atoms with Crippen molar-refractivity contribution in [1.82, 2.24) is 19.7 Å². The molecule has 2 atom stereocenters. The molecular weight excluding hydrogens is 494 g/mol. The van der Waals surface area contributed by atoms with Crippen LogP contribution in [0.5, 0.6) is 5.75 Å². The van der Waals surface area contributed by atoms with E-state index in [0.717, 1.165) is 11.3 Å². The van der Waals surface area contributed by atoms with Crippen LogP contribution >= 0.6 is 0 Å². The number of nitrogens with zero attached hydrogens (tertiary/aromatic N) is 2. The van der Waals surface area contributed by atoms with Crippen LogP contribution in [0.15, 0.2) is 72.8 Å². The number of aromatic nitrogens is 1. The van der Waals surface area contributed by atoms with Crippen LogP contribution in [0.2, 0.25) is 0 Å². The molecule has 3 N–H and O–H groups in total. The molecule has 10 nitrogen and oxygen atoms in total. The molecule has 196 valence electrons. The predicted molar refractivity (Wildman–Crippen MR) is 141 cm³/mol. The van der Waals surface area contributed by atoms with Crippen molar-refractivity contribution in [2.75, 3.05) is 19.1 Å². The number of methoxy groups -OCH3 is 1. The van der Waals surface area contributed by atoms with E-state index in [1.54, 1.807) is 70.5 Å². The van der Waals surface area contributed by atoms with Gasteiger partial charge < -0.3 is 15.0 Å². The number of nitrogens with one attached hydrogen (secondary N) is 3. The SMILES string of the molecule is COc1ccc(N(C)C(=O)[C@H](Cc2ccccc2)NC(=O)NS(=O)(=O)NC(C)c2cccc(C)n2)cc1. The lowest BCUT2D eigenvalue weighted by Gasteiger charge is -2.25. The van der Waals surface area contributed by atoms with Crippen molar-refractivity contribution < 1.29 is 22.7 Å². The summed E-state index contributed by atoms with van der Waals surface area (Å²) in [5.74, 6) is 0.211. The summed E-state index contributed by atoms with van der Waals surface area (Å²) in [6, 6.07) is 18.5. The van der Waals surface area contributed by atoms with Crippen molar-refractivity contribution in [3.8, 4) is 5.75 Å². The van der Waals surface area contributed by atoms with Crippen LogP contribution in [0, 0.1) is 6.92 Å². The number of hydrogen-bond acceptors (Lipinski definition) is 6. The topological polar surface area (TPSA) is 130 Å². The molecule has 0 saturated carbocycles. The largest absolute Gasteiger partial charge is 0.497 e. The number of amides is 3. The Balaban J connectivity index is 1.73. The van der Waals surface area contributed by atoms with Gasteiger partial charge >= 0.3 is 16.2 Å². The molecule has 0 spiro atoms. The quantitative estimate of drug-likeness (QED) is 0.373. The zero-order valence-corrected chi connectivity index (χ0v) is 22.0. The van der Waals surface area contributed by atoms with Gasteiger partial charge in [0, 0.05) is 24.8 Å². The lowest BCUT2D eigenvalue weighted by atomic mass is 10.0. The van der Waals surface area contributed by atoms with Gasteiger partial charge in [0.25, 0.3) is 0 Å². The van der Waals surface area contributed by atoms with E-state index >= 15 is 0 Å². The number of ether oxygens (including phenoxy) is 1. The number of aryl methyl sites for hydroxylation is 1. The summed E-state index contributed by atoms with van der Waals surface area (Å²) in [4.78, 5) is 31.8. The maximum Gasteiger partial charge on any atom is 0.330 e. The highest BCUT2D eigenvalue weighted by Crippen LogP contribution is 2.19. The van der Waals surface area contributed by atoms with Gasteiger partial charge in [-0.25, -0.2) is 9.52 Å². The fourth-order valence-corrected chi connectivity index (χ4v) is 4.60. The van der Waals surface area contributed by atoms with E-state index < -0.39 is 34.2 Å². The molecular formula is C26H31N5O5S. The Labute approximate surface area is 217 Å². The molecule has 0 aliphatic rings. The molecule has 1 aromatic heterocycles. The second-order valence-electron chi connectivity index (χ2n) is 8.46. The third-order valence-corrected chi connectivity index (χ3v) is 6.71. The molecule has 0 aliphatic carbocycles. The van der Waals surface area contributed by atoms with Gasteiger partial charge in [-0.2, -0.15) is 13.1 Å². The minimum absolute atomic E-state index is 0.157. The summed E-state index contributed by atoms with van der Waals surface area (Å²) in [5.41, 5.74) is 2.62. The molecule has 0 fully saturated rings. The number of anilines is 1. The van der Waals surface area contributed by atoms with E-state index in [1.165, 1.54) is 4.90 Å². The summed E-state index contributed by atoms with van der Waals surface area (Å²) in [7, 11) is -1.13. The molecule has 0 aliphatic heterocycles. The molecule has 3 aromatic rings. The zero-order valence-electron chi connectivity index (χ0n) is 21.1. The number of rotatable bonds is 10. The van der Waals surface area contributed by atoms with Crippen molar-refractivity contribution in [2.45, 2.75) is 32.4 Å². The van der Waals surface area contributed by atoms with E-state index in [2.05, 4.69) is 15.0 Å². The molecule has 0 radical (unpaired) electrons. The van der Waals surface area contributed by atoms with Gasteiger partial charge in [-0.05, 0) is 55.8 Å². The summed E-state index contributed by atoms with van der Waals surface area (Å²) >= 11 is 0. The number of pyridine rings is 1. The smallest absolute Gasteiger partial charge is 0.330 e. The van der Waals surface area contributed by atoms with Crippen LogP contribution in [0.3, 0.4) is 0 Å². The van der Waals surface area contributed by atoms with Crippen molar-refractivity contribution in [3.63, 3.8) is 0 Å². The number of urea groups is 1. The number of benzene rings is 2. The van der Waals surface area contributed by atoms with Crippen LogP contribution in [0.25, 0.3) is 0 Å². The van der Waals surface area contributed by atoms with Crippen molar-refractivity contribution in [3.05, 3.63) is 89.7 Å². The van der Waals surface area contributed by atoms with Gasteiger partial charge in [0.15, 0.2) is 0 Å². The normalized spacial score (nSPS) is 12.8. The molecule has 3 rings (SSSR count). The van der Waals surface area contributed by atoms with Crippen LogP contribution in [0.4, 0.5) is 10.5 Å². The first kappa shape index (κ1) is 27.6. The first-order valence-electron chi connectivity index (χ1n) is 11.6. The number of likely N-dealkylation sites (N-methyl/N-ethyl adjacent to an activating group) is 1. The van der Waals surface area contributed by atoms with Crippen LogP contribution < -0.4 is 24.4 Å². The Morgan fingerprint density at radius 1 is 1.00 bits per heavy atom. The zero-order chi connectivity index (χ0) is 27.0. The van der Waals surface area contributed by atoms with E-state index in [4.69, 9.17) is 4.74 Å². The van der Waals surface area contributed by atoms with Gasteiger partial charge in [-0.15, -0.1) is 0 Å². The first-order valence-corrected chi connectivity index (χ1v) is 13.1. The fraction of sp³-hybridized carbons (Fsp3) is 0.269. The summed E-state index contributed by atoms with van der Waals surface area (Å²) in [6.45, 7) is 3.41. The Kier molecular flexibility index (Phi) is 9.20. The molecule has 3 amide bonds. The van der Waals surface area contributed by atoms with E-state index in [1.807, 2.05) is 35.1 Å². The average molecular weight is 526 g/mol. The number of hydrogen-bond donors (Lipinski definition) is 3. The minimum atomic E-state index is -4.26. The minimum Gasteiger partial charge on any atom is -0.497 e. The maximum atomic E-state index is 13.4. The van der Waals surface area contributed by atoms with Crippen LogP contribution in [-0.2, 0) is 21.4 Å². The Morgan fingerprint density at radius 2 is 1.68 bits per heavy atom. The molecule has 0 saturated heterocycles. The van der Waals surface area contributed by atoms with Crippen molar-refractivity contribution in [2.24, 2.45) is 0 Å². The summed E-state index contributed by atoms with van der Waals surface area (Å²) < 4.78 is 34.7. The van der Waals surface area contributed by atoms with E-state index in [0.29, 0.717) is 17.1 Å².